The Hall–Kier alpha value is -1.24. The molecule has 1 fully saturated rings. The van der Waals surface area contributed by atoms with Crippen molar-refractivity contribution in [2.45, 2.75) is 38.6 Å². The molecule has 1 aliphatic rings. The van der Waals surface area contributed by atoms with E-state index in [-0.39, 0.29) is 12.4 Å². The summed E-state index contributed by atoms with van der Waals surface area (Å²) in [6.45, 7) is 12.3. The number of likely N-dealkylation sites (tertiary alicyclic amines) is 1. The van der Waals surface area contributed by atoms with Gasteiger partial charge in [-0.2, -0.15) is 0 Å². The summed E-state index contributed by atoms with van der Waals surface area (Å²) >= 11 is 0. The van der Waals surface area contributed by atoms with Gasteiger partial charge in [0.15, 0.2) is 5.69 Å². The van der Waals surface area contributed by atoms with E-state index in [9.17, 15) is 0 Å². The quantitative estimate of drug-likeness (QED) is 0.595. The summed E-state index contributed by atoms with van der Waals surface area (Å²) < 4.78 is 5.70. The van der Waals surface area contributed by atoms with Crippen molar-refractivity contribution in [3.8, 4) is 5.75 Å². The molecule has 0 radical (unpaired) electrons. The molecule has 1 saturated heterocycles. The highest BCUT2D eigenvalue weighted by Crippen LogP contribution is 2.19. The normalized spacial score (nSPS) is 18.9. The van der Waals surface area contributed by atoms with Gasteiger partial charge in [0, 0.05) is 12.6 Å². The van der Waals surface area contributed by atoms with Crippen LogP contribution in [0.25, 0.3) is 4.85 Å². The Balaban J connectivity index is 0.00000200. The molecule has 1 unspecified atom stereocenters. The van der Waals surface area contributed by atoms with Gasteiger partial charge in [0.1, 0.15) is 5.75 Å². The van der Waals surface area contributed by atoms with Crippen molar-refractivity contribution in [1.29, 1.82) is 0 Å². The smallest absolute Gasteiger partial charge is 0.187 e. The molecule has 0 aliphatic carbocycles. The van der Waals surface area contributed by atoms with Gasteiger partial charge in [0.2, 0.25) is 0 Å². The molecule has 1 aromatic rings. The van der Waals surface area contributed by atoms with Crippen LogP contribution in [0.3, 0.4) is 0 Å². The average molecular weight is 295 g/mol. The minimum atomic E-state index is 0. The first-order valence-electron chi connectivity index (χ1n) is 7.14. The van der Waals surface area contributed by atoms with Gasteiger partial charge in [-0.3, -0.25) is 0 Å². The fraction of sp³-hybridized carbons (Fsp3) is 0.562. The highest BCUT2D eigenvalue weighted by Gasteiger charge is 2.17. The molecule has 0 aromatic heterocycles. The lowest BCUT2D eigenvalue weighted by Gasteiger charge is -2.33. The lowest BCUT2D eigenvalue weighted by Crippen LogP contribution is -2.38. The summed E-state index contributed by atoms with van der Waals surface area (Å²) in [5, 5.41) is 0. The largest absolute Gasteiger partial charge is 0.494 e. The molecule has 1 aliphatic heterocycles. The van der Waals surface area contributed by atoms with Crippen LogP contribution in [0.15, 0.2) is 24.3 Å². The summed E-state index contributed by atoms with van der Waals surface area (Å²) in [7, 11) is 0. The Labute approximate surface area is 128 Å². The first kappa shape index (κ1) is 16.8. The van der Waals surface area contributed by atoms with Crippen molar-refractivity contribution >= 4 is 18.1 Å². The van der Waals surface area contributed by atoms with E-state index in [0.717, 1.165) is 31.4 Å². The SMILES string of the molecule is Cl.[C-]#[N+]c1ccc(OCCCN2CCCCC2C)cc1. The van der Waals surface area contributed by atoms with Crippen molar-refractivity contribution in [2.24, 2.45) is 0 Å². The first-order valence-corrected chi connectivity index (χ1v) is 7.14. The zero-order chi connectivity index (χ0) is 13.5. The number of halogens is 1. The van der Waals surface area contributed by atoms with Crippen LogP contribution < -0.4 is 4.74 Å². The van der Waals surface area contributed by atoms with E-state index in [1.54, 1.807) is 12.1 Å². The number of nitrogens with zero attached hydrogens (tertiary/aromatic N) is 2. The number of benzene rings is 1. The van der Waals surface area contributed by atoms with E-state index in [4.69, 9.17) is 11.3 Å². The van der Waals surface area contributed by atoms with Crippen molar-refractivity contribution in [1.82, 2.24) is 4.90 Å². The second kappa shape index (κ2) is 8.84. The summed E-state index contributed by atoms with van der Waals surface area (Å²) in [5.41, 5.74) is 0.662. The Bertz CT molecular complexity index is 427. The van der Waals surface area contributed by atoms with Crippen LogP contribution in [-0.4, -0.2) is 30.6 Å². The van der Waals surface area contributed by atoms with Gasteiger partial charge in [-0.15, -0.1) is 12.4 Å². The molecule has 0 amide bonds. The van der Waals surface area contributed by atoms with Gasteiger partial charge in [-0.25, -0.2) is 4.85 Å². The van der Waals surface area contributed by atoms with Crippen molar-refractivity contribution < 1.29 is 4.74 Å². The predicted molar refractivity (Wildman–Crippen MR) is 85.0 cm³/mol. The lowest BCUT2D eigenvalue weighted by atomic mass is 10.0. The number of hydrogen-bond donors (Lipinski definition) is 0. The van der Waals surface area contributed by atoms with E-state index in [2.05, 4.69) is 16.7 Å². The third kappa shape index (κ3) is 5.03. The van der Waals surface area contributed by atoms with Crippen molar-refractivity contribution in [3.05, 3.63) is 35.7 Å². The molecule has 110 valence electrons. The maximum absolute atomic E-state index is 6.89. The summed E-state index contributed by atoms with van der Waals surface area (Å²) in [6, 6.07) is 8.07. The molecular weight excluding hydrogens is 272 g/mol. The third-order valence-electron chi connectivity index (χ3n) is 3.76. The zero-order valence-electron chi connectivity index (χ0n) is 12.0. The molecule has 1 heterocycles. The molecule has 0 bridgehead atoms. The van der Waals surface area contributed by atoms with Gasteiger partial charge in [-0.05, 0) is 44.9 Å². The maximum Gasteiger partial charge on any atom is 0.187 e. The molecule has 20 heavy (non-hydrogen) atoms. The van der Waals surface area contributed by atoms with E-state index >= 15 is 0 Å². The average Bonchev–Trinajstić information content (AvgIpc) is 2.46. The highest BCUT2D eigenvalue weighted by molar-refractivity contribution is 5.85. The summed E-state index contributed by atoms with van der Waals surface area (Å²) in [5.74, 6) is 0.860. The fourth-order valence-corrected chi connectivity index (χ4v) is 2.56. The highest BCUT2D eigenvalue weighted by atomic mass is 35.5. The summed E-state index contributed by atoms with van der Waals surface area (Å²) in [4.78, 5) is 5.93. The van der Waals surface area contributed by atoms with Crippen LogP contribution in [0.2, 0.25) is 0 Å². The van der Waals surface area contributed by atoms with Crippen LogP contribution in [0, 0.1) is 6.57 Å². The molecular formula is C16H23ClN2O. The second-order valence-corrected chi connectivity index (χ2v) is 5.19. The minimum Gasteiger partial charge on any atom is -0.494 e. The van der Waals surface area contributed by atoms with Crippen LogP contribution in [0.5, 0.6) is 5.75 Å². The standard InChI is InChI=1S/C16H22N2O.ClH/c1-14-6-3-4-11-18(14)12-5-13-19-16-9-7-15(17-2)8-10-16;/h7-10,14H,3-6,11-13H2,1H3;1H. The lowest BCUT2D eigenvalue weighted by molar-refractivity contribution is 0.148. The molecule has 4 heteroatoms. The van der Waals surface area contributed by atoms with Crippen LogP contribution in [0.1, 0.15) is 32.6 Å². The number of rotatable bonds is 5. The topological polar surface area (TPSA) is 16.8 Å². The predicted octanol–water partition coefficient (Wildman–Crippen LogP) is 4.30. The Morgan fingerprint density at radius 1 is 1.30 bits per heavy atom. The van der Waals surface area contributed by atoms with Crippen LogP contribution >= 0.6 is 12.4 Å². The van der Waals surface area contributed by atoms with Crippen LogP contribution in [0.4, 0.5) is 5.69 Å². The van der Waals surface area contributed by atoms with Gasteiger partial charge in [-0.1, -0.05) is 18.6 Å². The Morgan fingerprint density at radius 2 is 2.05 bits per heavy atom. The van der Waals surface area contributed by atoms with Gasteiger partial charge >= 0.3 is 0 Å². The fourth-order valence-electron chi connectivity index (χ4n) is 2.56. The molecule has 1 aromatic carbocycles. The molecule has 0 N–H and O–H groups in total. The monoisotopic (exact) mass is 294 g/mol. The molecule has 3 nitrogen and oxygen atoms in total. The van der Waals surface area contributed by atoms with Crippen molar-refractivity contribution in [3.63, 3.8) is 0 Å². The van der Waals surface area contributed by atoms with Gasteiger partial charge in [0.25, 0.3) is 0 Å². The first-order chi connectivity index (χ1) is 9.29. The second-order valence-electron chi connectivity index (χ2n) is 5.19. The van der Waals surface area contributed by atoms with E-state index < -0.39 is 0 Å². The molecule has 1 atom stereocenters. The van der Waals surface area contributed by atoms with E-state index in [1.165, 1.54) is 25.8 Å². The van der Waals surface area contributed by atoms with Crippen LogP contribution in [-0.2, 0) is 0 Å². The van der Waals surface area contributed by atoms with E-state index in [0.29, 0.717) is 5.69 Å². The number of piperidine rings is 1. The summed E-state index contributed by atoms with van der Waals surface area (Å²) in [6.07, 6.45) is 5.11. The molecule has 0 spiro atoms. The maximum atomic E-state index is 6.89. The van der Waals surface area contributed by atoms with E-state index in [1.807, 2.05) is 12.1 Å². The van der Waals surface area contributed by atoms with Gasteiger partial charge in [0.05, 0.1) is 13.2 Å². The van der Waals surface area contributed by atoms with Crippen molar-refractivity contribution in [2.75, 3.05) is 19.7 Å². The number of ether oxygens (including phenoxy) is 1. The van der Waals surface area contributed by atoms with Gasteiger partial charge < -0.3 is 9.64 Å². The molecule has 0 saturated carbocycles. The number of hydrogen-bond acceptors (Lipinski definition) is 2. The Morgan fingerprint density at radius 3 is 2.70 bits per heavy atom. The third-order valence-corrected chi connectivity index (χ3v) is 3.76. The molecule has 2 rings (SSSR count). The Kier molecular flexibility index (Phi) is 7.43. The zero-order valence-corrected chi connectivity index (χ0v) is 12.9. The minimum absolute atomic E-state index is 0.